The molecule has 0 aliphatic carbocycles. The summed E-state index contributed by atoms with van der Waals surface area (Å²) in [5.41, 5.74) is 2.73. The summed E-state index contributed by atoms with van der Waals surface area (Å²) in [4.78, 5) is 9.11. The molecule has 1 fully saturated rings. The molecular weight excluding hydrogens is 326 g/mol. The van der Waals surface area contributed by atoms with E-state index in [0.29, 0.717) is 18.9 Å². The van der Waals surface area contributed by atoms with Crippen LogP contribution in [0, 0.1) is 6.92 Å². The van der Waals surface area contributed by atoms with E-state index >= 15 is 0 Å². The Morgan fingerprint density at radius 2 is 2.12 bits per heavy atom. The van der Waals surface area contributed by atoms with Gasteiger partial charge >= 0.3 is 0 Å². The molecule has 0 spiro atoms. The minimum absolute atomic E-state index is 0.114. The molecule has 2 aromatic rings. The molecule has 3 heterocycles. The van der Waals surface area contributed by atoms with Gasteiger partial charge in [-0.1, -0.05) is 6.92 Å². The number of aryl methyl sites for hydroxylation is 2. The smallest absolute Gasteiger partial charge is 0.211 e. The normalized spacial score (nSPS) is 19.0. The summed E-state index contributed by atoms with van der Waals surface area (Å²) in [5.74, 6) is 0.812. The molecule has 130 valence electrons. The number of hydrogen-bond acceptors (Lipinski definition) is 5. The Morgan fingerprint density at radius 1 is 1.33 bits per heavy atom. The zero-order valence-corrected chi connectivity index (χ0v) is 15.1. The van der Waals surface area contributed by atoms with Gasteiger partial charge in [0.1, 0.15) is 5.82 Å². The molecule has 1 aliphatic heterocycles. The second-order valence-electron chi connectivity index (χ2n) is 6.27. The van der Waals surface area contributed by atoms with Gasteiger partial charge in [-0.15, -0.1) is 0 Å². The first kappa shape index (κ1) is 17.0. The number of sulfonamides is 1. The molecule has 1 saturated heterocycles. The van der Waals surface area contributed by atoms with Gasteiger partial charge in [-0.3, -0.25) is 4.68 Å². The minimum atomic E-state index is -3.15. The Bertz CT molecular complexity index is 831. The van der Waals surface area contributed by atoms with Gasteiger partial charge in [0, 0.05) is 37.4 Å². The van der Waals surface area contributed by atoms with Gasteiger partial charge in [0.05, 0.1) is 17.6 Å². The highest BCUT2D eigenvalue weighted by Gasteiger charge is 2.30. The van der Waals surface area contributed by atoms with Crippen LogP contribution in [0.4, 0.5) is 0 Å². The number of nitrogens with zero attached hydrogens (tertiary/aromatic N) is 5. The van der Waals surface area contributed by atoms with E-state index in [4.69, 9.17) is 0 Å². The van der Waals surface area contributed by atoms with E-state index in [-0.39, 0.29) is 5.92 Å². The number of hydrogen-bond donors (Lipinski definition) is 0. The maximum atomic E-state index is 11.7. The van der Waals surface area contributed by atoms with Crippen LogP contribution in [0.15, 0.2) is 18.3 Å². The average molecular weight is 349 g/mol. The fraction of sp³-hybridized carbons (Fsp3) is 0.562. The Balaban J connectivity index is 1.91. The first-order chi connectivity index (χ1) is 11.4. The molecule has 3 rings (SSSR count). The second-order valence-corrected chi connectivity index (χ2v) is 8.25. The van der Waals surface area contributed by atoms with Crippen molar-refractivity contribution in [3.8, 4) is 11.4 Å². The predicted molar refractivity (Wildman–Crippen MR) is 92.1 cm³/mol. The Hall–Kier alpha value is -1.80. The van der Waals surface area contributed by atoms with E-state index in [1.54, 1.807) is 6.20 Å². The highest BCUT2D eigenvalue weighted by atomic mass is 32.2. The van der Waals surface area contributed by atoms with Crippen LogP contribution in [0.3, 0.4) is 0 Å². The van der Waals surface area contributed by atoms with Crippen LogP contribution in [0.2, 0.25) is 0 Å². The fourth-order valence-electron chi connectivity index (χ4n) is 3.14. The quantitative estimate of drug-likeness (QED) is 0.822. The van der Waals surface area contributed by atoms with Crippen LogP contribution in [0.25, 0.3) is 11.4 Å². The summed E-state index contributed by atoms with van der Waals surface area (Å²) < 4.78 is 26.9. The lowest BCUT2D eigenvalue weighted by molar-refractivity contribution is 0.477. The van der Waals surface area contributed by atoms with Gasteiger partial charge in [-0.25, -0.2) is 22.7 Å². The summed E-state index contributed by atoms with van der Waals surface area (Å²) in [6.07, 6.45) is 4.83. The summed E-state index contributed by atoms with van der Waals surface area (Å²) in [5, 5.41) is 4.35. The van der Waals surface area contributed by atoms with Gasteiger partial charge in [0.15, 0.2) is 0 Å². The third-order valence-electron chi connectivity index (χ3n) is 4.31. The van der Waals surface area contributed by atoms with Crippen molar-refractivity contribution in [2.75, 3.05) is 19.3 Å². The third-order valence-corrected chi connectivity index (χ3v) is 5.58. The summed E-state index contributed by atoms with van der Waals surface area (Å²) >= 11 is 0. The Kier molecular flexibility index (Phi) is 4.69. The van der Waals surface area contributed by atoms with E-state index in [9.17, 15) is 8.42 Å². The summed E-state index contributed by atoms with van der Waals surface area (Å²) in [7, 11) is -3.15. The fourth-order valence-corrected chi connectivity index (χ4v) is 4.03. The first-order valence-corrected chi connectivity index (χ1v) is 10.1. The molecular formula is C16H23N5O2S. The van der Waals surface area contributed by atoms with Gasteiger partial charge in [0.2, 0.25) is 10.0 Å². The first-order valence-electron chi connectivity index (χ1n) is 8.21. The molecule has 1 unspecified atom stereocenters. The van der Waals surface area contributed by atoms with E-state index < -0.39 is 10.0 Å². The van der Waals surface area contributed by atoms with Crippen molar-refractivity contribution >= 4 is 10.0 Å². The maximum absolute atomic E-state index is 11.7. The zero-order chi connectivity index (χ0) is 17.3. The van der Waals surface area contributed by atoms with Crippen LogP contribution in [0.1, 0.15) is 37.2 Å². The Labute approximate surface area is 142 Å². The highest BCUT2D eigenvalue weighted by molar-refractivity contribution is 7.88. The monoisotopic (exact) mass is 349 g/mol. The van der Waals surface area contributed by atoms with Crippen molar-refractivity contribution in [2.45, 2.75) is 39.2 Å². The van der Waals surface area contributed by atoms with Gasteiger partial charge in [-0.05, 0) is 31.9 Å². The second kappa shape index (κ2) is 6.60. The lowest BCUT2D eigenvalue weighted by Gasteiger charge is -2.14. The summed E-state index contributed by atoms with van der Waals surface area (Å²) in [6, 6.07) is 3.94. The maximum Gasteiger partial charge on any atom is 0.211 e. The molecule has 0 N–H and O–H groups in total. The molecule has 7 nitrogen and oxygen atoms in total. The topological polar surface area (TPSA) is 81.0 Å². The molecule has 2 aromatic heterocycles. The van der Waals surface area contributed by atoms with Crippen LogP contribution >= 0.6 is 0 Å². The van der Waals surface area contributed by atoms with Gasteiger partial charge in [-0.2, -0.15) is 5.10 Å². The lowest BCUT2D eigenvalue weighted by atomic mass is 10.0. The number of aromatic nitrogens is 4. The SMILES string of the molecule is CCCn1nccc1-c1cc(C2CCN(S(C)(=O)=O)C2)nc(C)n1. The van der Waals surface area contributed by atoms with E-state index in [0.717, 1.165) is 36.5 Å². The molecule has 0 aromatic carbocycles. The van der Waals surface area contributed by atoms with Crippen LogP contribution < -0.4 is 0 Å². The third kappa shape index (κ3) is 3.49. The minimum Gasteiger partial charge on any atom is -0.263 e. The molecule has 8 heteroatoms. The van der Waals surface area contributed by atoms with E-state index in [1.165, 1.54) is 10.6 Å². The van der Waals surface area contributed by atoms with Crippen LogP contribution in [0.5, 0.6) is 0 Å². The molecule has 24 heavy (non-hydrogen) atoms. The van der Waals surface area contributed by atoms with E-state index in [2.05, 4.69) is 22.0 Å². The Morgan fingerprint density at radius 3 is 2.79 bits per heavy atom. The molecule has 0 radical (unpaired) electrons. The highest BCUT2D eigenvalue weighted by Crippen LogP contribution is 2.29. The van der Waals surface area contributed by atoms with Crippen molar-refractivity contribution in [1.82, 2.24) is 24.1 Å². The van der Waals surface area contributed by atoms with E-state index in [1.807, 2.05) is 23.7 Å². The largest absolute Gasteiger partial charge is 0.263 e. The lowest BCUT2D eigenvalue weighted by Crippen LogP contribution is -2.27. The van der Waals surface area contributed by atoms with Crippen LogP contribution in [-0.4, -0.2) is 51.8 Å². The van der Waals surface area contributed by atoms with Gasteiger partial charge < -0.3 is 0 Å². The molecule has 1 aliphatic rings. The van der Waals surface area contributed by atoms with Crippen molar-refractivity contribution in [2.24, 2.45) is 0 Å². The molecule has 0 amide bonds. The molecule has 0 saturated carbocycles. The number of rotatable bonds is 5. The van der Waals surface area contributed by atoms with Crippen LogP contribution in [-0.2, 0) is 16.6 Å². The zero-order valence-electron chi connectivity index (χ0n) is 14.3. The van der Waals surface area contributed by atoms with Gasteiger partial charge in [0.25, 0.3) is 0 Å². The standard InChI is InChI=1S/C16H23N5O2S/c1-4-8-21-16(5-7-17-21)15-10-14(18-12(2)19-15)13-6-9-20(11-13)24(3,22)23/h5,7,10,13H,4,6,8-9,11H2,1-3H3. The van der Waals surface area contributed by atoms with Crippen molar-refractivity contribution in [1.29, 1.82) is 0 Å². The average Bonchev–Trinajstić information content (AvgIpc) is 3.15. The van der Waals surface area contributed by atoms with Crippen molar-refractivity contribution < 1.29 is 8.42 Å². The summed E-state index contributed by atoms with van der Waals surface area (Å²) in [6.45, 7) is 5.86. The predicted octanol–water partition coefficient (Wildman–Crippen LogP) is 1.81. The molecule has 0 bridgehead atoms. The van der Waals surface area contributed by atoms with Crippen molar-refractivity contribution in [3.05, 3.63) is 29.8 Å². The van der Waals surface area contributed by atoms with Crippen molar-refractivity contribution in [3.63, 3.8) is 0 Å². The molecule has 1 atom stereocenters.